The van der Waals surface area contributed by atoms with Gasteiger partial charge >= 0.3 is 12.1 Å². The van der Waals surface area contributed by atoms with Crippen molar-refractivity contribution >= 4 is 18.4 Å². The Morgan fingerprint density at radius 2 is 2.22 bits per heavy atom. The molecule has 130 valence electrons. The summed E-state index contributed by atoms with van der Waals surface area (Å²) in [6.07, 6.45) is -4.49. The number of halogens is 4. The Labute approximate surface area is 137 Å². The molecule has 9 heteroatoms. The molecule has 0 unspecified atom stereocenters. The third-order valence-corrected chi connectivity index (χ3v) is 4.36. The number of rotatable bonds is 3. The van der Waals surface area contributed by atoms with Crippen molar-refractivity contribution in [3.63, 3.8) is 0 Å². The van der Waals surface area contributed by atoms with Crippen LogP contribution in [0, 0.1) is 11.3 Å². The van der Waals surface area contributed by atoms with Crippen molar-refractivity contribution in [2.75, 3.05) is 33.4 Å². The molecule has 23 heavy (non-hydrogen) atoms. The van der Waals surface area contributed by atoms with Crippen LogP contribution < -0.4 is 0 Å². The Morgan fingerprint density at radius 3 is 2.83 bits per heavy atom. The average molecular weight is 356 g/mol. The lowest BCUT2D eigenvalue weighted by Gasteiger charge is -2.23. The molecule has 2 aliphatic rings. The molecule has 0 aromatic carbocycles. The predicted molar refractivity (Wildman–Crippen MR) is 75.0 cm³/mol. The fraction of sp³-hybridized carbons (Fsp3) is 0.643. The van der Waals surface area contributed by atoms with E-state index >= 15 is 0 Å². The van der Waals surface area contributed by atoms with Gasteiger partial charge in [-0.2, -0.15) is 13.2 Å². The van der Waals surface area contributed by atoms with Crippen LogP contribution in [-0.4, -0.2) is 44.3 Å². The van der Waals surface area contributed by atoms with E-state index in [1.807, 2.05) is 4.90 Å². The summed E-state index contributed by atoms with van der Waals surface area (Å²) in [6.45, 7) is 1.93. The molecule has 1 aromatic heterocycles. The Bertz CT molecular complexity index is 577. The van der Waals surface area contributed by atoms with E-state index in [1.165, 1.54) is 13.2 Å². The molecule has 0 spiro atoms. The third kappa shape index (κ3) is 3.20. The van der Waals surface area contributed by atoms with Gasteiger partial charge < -0.3 is 13.9 Å². The van der Waals surface area contributed by atoms with E-state index in [-0.39, 0.29) is 43.2 Å². The third-order valence-electron chi connectivity index (χ3n) is 4.36. The number of esters is 1. The van der Waals surface area contributed by atoms with Crippen LogP contribution in [0.25, 0.3) is 0 Å². The highest BCUT2D eigenvalue weighted by Crippen LogP contribution is 2.43. The van der Waals surface area contributed by atoms with Gasteiger partial charge in [0.05, 0.1) is 26.9 Å². The summed E-state index contributed by atoms with van der Waals surface area (Å²) in [5, 5.41) is 0. The van der Waals surface area contributed by atoms with E-state index in [4.69, 9.17) is 13.9 Å². The van der Waals surface area contributed by atoms with Gasteiger partial charge in [-0.3, -0.25) is 9.69 Å². The highest BCUT2D eigenvalue weighted by Gasteiger charge is 2.56. The van der Waals surface area contributed by atoms with Gasteiger partial charge in [0.2, 0.25) is 5.76 Å². The minimum absolute atomic E-state index is 0. The summed E-state index contributed by atoms with van der Waals surface area (Å²) in [4.78, 5) is 14.0. The van der Waals surface area contributed by atoms with E-state index < -0.39 is 17.4 Å². The second kappa shape index (κ2) is 6.33. The van der Waals surface area contributed by atoms with Crippen LogP contribution in [0.5, 0.6) is 0 Å². The number of ether oxygens (including phenoxy) is 2. The normalized spacial score (nSPS) is 27.6. The minimum Gasteiger partial charge on any atom is -0.468 e. The molecule has 0 bridgehead atoms. The van der Waals surface area contributed by atoms with Gasteiger partial charge in [-0.05, 0) is 12.1 Å². The van der Waals surface area contributed by atoms with Crippen molar-refractivity contribution in [3.8, 4) is 0 Å². The lowest BCUT2D eigenvalue weighted by molar-refractivity contribution is -0.153. The van der Waals surface area contributed by atoms with E-state index in [0.29, 0.717) is 19.7 Å². The topological polar surface area (TPSA) is 51.9 Å². The van der Waals surface area contributed by atoms with E-state index in [1.54, 1.807) is 0 Å². The van der Waals surface area contributed by atoms with Gasteiger partial charge in [0.15, 0.2) is 0 Å². The number of nitrogens with zero attached hydrogens (tertiary/aromatic N) is 1. The highest BCUT2D eigenvalue weighted by atomic mass is 35.5. The number of carbonyl (C=O) groups excluding carboxylic acids is 1. The van der Waals surface area contributed by atoms with Crippen molar-refractivity contribution in [1.82, 2.24) is 4.90 Å². The summed E-state index contributed by atoms with van der Waals surface area (Å²) in [6, 6.07) is 2.24. The first-order valence-corrected chi connectivity index (χ1v) is 6.89. The van der Waals surface area contributed by atoms with Crippen LogP contribution in [0.15, 0.2) is 16.5 Å². The molecule has 3 rings (SSSR count). The molecule has 5 nitrogen and oxygen atoms in total. The van der Waals surface area contributed by atoms with Crippen molar-refractivity contribution in [3.05, 3.63) is 23.7 Å². The summed E-state index contributed by atoms with van der Waals surface area (Å²) in [5.74, 6) is -1.11. The second-order valence-corrected chi connectivity index (χ2v) is 5.79. The van der Waals surface area contributed by atoms with Gasteiger partial charge in [-0.15, -0.1) is 12.4 Å². The van der Waals surface area contributed by atoms with Crippen molar-refractivity contribution < 1.29 is 31.9 Å². The zero-order valence-electron chi connectivity index (χ0n) is 12.4. The van der Waals surface area contributed by atoms with Crippen molar-refractivity contribution in [1.29, 1.82) is 0 Å². The maximum Gasteiger partial charge on any atom is 0.449 e. The standard InChI is InChI=1S/C14H16F3NO4.ClH/c1-20-12(19)13-7-18(4-9(13)6-21-8-13)5-10-2-3-11(22-10)14(15,16)17;/h2-3,9H,4-8H2,1H3;1H/t9-,13-;/m0./s1. The maximum atomic E-state index is 12.5. The molecule has 2 saturated heterocycles. The Hall–Kier alpha value is -1.25. The number of hydrogen-bond acceptors (Lipinski definition) is 5. The number of likely N-dealkylation sites (tertiary alicyclic amines) is 1. The molecular weight excluding hydrogens is 339 g/mol. The number of fused-ring (bicyclic) bond motifs is 1. The zero-order chi connectivity index (χ0) is 16.0. The van der Waals surface area contributed by atoms with Crippen LogP contribution in [0.4, 0.5) is 13.2 Å². The number of methoxy groups -OCH3 is 1. The fourth-order valence-electron chi connectivity index (χ4n) is 3.29. The smallest absolute Gasteiger partial charge is 0.449 e. The first kappa shape index (κ1) is 18.1. The van der Waals surface area contributed by atoms with Gasteiger partial charge in [0, 0.05) is 19.0 Å². The molecule has 1 aromatic rings. The summed E-state index contributed by atoms with van der Waals surface area (Å²) < 4.78 is 52.7. The van der Waals surface area contributed by atoms with Crippen LogP contribution >= 0.6 is 12.4 Å². The summed E-state index contributed by atoms with van der Waals surface area (Å²) in [5.41, 5.74) is -0.714. The lowest BCUT2D eigenvalue weighted by atomic mass is 9.81. The number of furan rings is 1. The first-order valence-electron chi connectivity index (χ1n) is 6.89. The van der Waals surface area contributed by atoms with Gasteiger partial charge in [0.25, 0.3) is 0 Å². The quantitative estimate of drug-likeness (QED) is 0.779. The number of alkyl halides is 3. The van der Waals surface area contributed by atoms with E-state index in [0.717, 1.165) is 6.07 Å². The molecule has 2 aliphatic heterocycles. The maximum absolute atomic E-state index is 12.5. The summed E-state index contributed by atoms with van der Waals surface area (Å²) in [7, 11) is 1.33. The Morgan fingerprint density at radius 1 is 1.48 bits per heavy atom. The zero-order valence-corrected chi connectivity index (χ0v) is 13.2. The number of carbonyl (C=O) groups is 1. The SMILES string of the molecule is COC(=O)[C@@]12COC[C@@H]1CN(Cc1ccc(C(F)(F)F)o1)C2.Cl. The molecule has 2 fully saturated rings. The number of hydrogen-bond donors (Lipinski definition) is 0. The lowest BCUT2D eigenvalue weighted by Crippen LogP contribution is -2.40. The van der Waals surface area contributed by atoms with E-state index in [2.05, 4.69) is 0 Å². The molecule has 0 amide bonds. The van der Waals surface area contributed by atoms with Crippen LogP contribution in [0.2, 0.25) is 0 Å². The largest absolute Gasteiger partial charge is 0.468 e. The molecular formula is C14H17ClF3NO4. The fourth-order valence-corrected chi connectivity index (χ4v) is 3.29. The van der Waals surface area contributed by atoms with Crippen LogP contribution in [-0.2, 0) is 27.0 Å². The van der Waals surface area contributed by atoms with E-state index in [9.17, 15) is 18.0 Å². The monoisotopic (exact) mass is 355 g/mol. The second-order valence-electron chi connectivity index (χ2n) is 5.79. The van der Waals surface area contributed by atoms with Crippen LogP contribution in [0.3, 0.4) is 0 Å². The predicted octanol–water partition coefficient (Wildman–Crippen LogP) is 2.34. The molecule has 0 aliphatic carbocycles. The van der Waals surface area contributed by atoms with Gasteiger partial charge in [0.1, 0.15) is 11.2 Å². The van der Waals surface area contributed by atoms with Gasteiger partial charge in [-0.1, -0.05) is 0 Å². The van der Waals surface area contributed by atoms with Crippen molar-refractivity contribution in [2.24, 2.45) is 11.3 Å². The average Bonchev–Trinajstić information content (AvgIpc) is 3.11. The molecule has 0 radical (unpaired) electrons. The minimum atomic E-state index is -4.49. The van der Waals surface area contributed by atoms with Gasteiger partial charge in [-0.25, -0.2) is 0 Å². The molecule has 0 N–H and O–H groups in total. The Balaban J connectivity index is 0.00000192. The molecule has 2 atom stereocenters. The van der Waals surface area contributed by atoms with Crippen molar-refractivity contribution in [2.45, 2.75) is 12.7 Å². The summed E-state index contributed by atoms with van der Waals surface area (Å²) >= 11 is 0. The Kier molecular flexibility index (Phi) is 4.98. The first-order chi connectivity index (χ1) is 10.3. The highest BCUT2D eigenvalue weighted by molar-refractivity contribution is 5.85. The molecule has 3 heterocycles. The molecule has 0 saturated carbocycles. The van der Waals surface area contributed by atoms with Crippen LogP contribution in [0.1, 0.15) is 11.5 Å².